The van der Waals surface area contributed by atoms with E-state index in [1.54, 1.807) is 12.4 Å². The number of aromatic nitrogens is 2. The van der Waals surface area contributed by atoms with Gasteiger partial charge in [0.25, 0.3) is 5.91 Å². The molecule has 0 atom stereocenters. The van der Waals surface area contributed by atoms with Crippen molar-refractivity contribution in [3.8, 4) is 0 Å². The van der Waals surface area contributed by atoms with Crippen molar-refractivity contribution in [2.75, 3.05) is 36.4 Å². The Labute approximate surface area is 154 Å². The summed E-state index contributed by atoms with van der Waals surface area (Å²) in [4.78, 5) is 25.7. The predicted molar refractivity (Wildman–Crippen MR) is 102 cm³/mol. The molecule has 1 N–H and O–H groups in total. The van der Waals surface area contributed by atoms with Crippen molar-refractivity contribution in [2.24, 2.45) is 0 Å². The molecule has 0 aromatic carbocycles. The van der Waals surface area contributed by atoms with E-state index in [1.807, 2.05) is 35.4 Å². The van der Waals surface area contributed by atoms with Crippen LogP contribution in [0.3, 0.4) is 0 Å². The Balaban J connectivity index is 1.37. The fourth-order valence-electron chi connectivity index (χ4n) is 3.80. The molecule has 2 aromatic rings. The van der Waals surface area contributed by atoms with Crippen molar-refractivity contribution < 1.29 is 4.79 Å². The Kier molecular flexibility index (Phi) is 5.00. The van der Waals surface area contributed by atoms with E-state index in [-0.39, 0.29) is 5.91 Å². The monoisotopic (exact) mass is 351 g/mol. The molecule has 1 aliphatic carbocycles. The second kappa shape index (κ2) is 7.72. The molecule has 6 nitrogen and oxygen atoms in total. The first-order chi connectivity index (χ1) is 12.8. The predicted octanol–water partition coefficient (Wildman–Crippen LogP) is 2.79. The van der Waals surface area contributed by atoms with Crippen molar-refractivity contribution in [3.63, 3.8) is 0 Å². The summed E-state index contributed by atoms with van der Waals surface area (Å²) in [7, 11) is 0. The highest BCUT2D eigenvalue weighted by atomic mass is 16.2. The maximum Gasteiger partial charge on any atom is 0.255 e. The van der Waals surface area contributed by atoms with Crippen LogP contribution in [0.4, 0.5) is 11.5 Å². The number of pyridine rings is 2. The minimum Gasteiger partial charge on any atom is -0.381 e. The molecule has 0 bridgehead atoms. The summed E-state index contributed by atoms with van der Waals surface area (Å²) in [5.41, 5.74) is 1.62. The van der Waals surface area contributed by atoms with E-state index >= 15 is 0 Å². The molecule has 4 rings (SSSR count). The van der Waals surface area contributed by atoms with Gasteiger partial charge >= 0.3 is 0 Å². The SMILES string of the molecule is O=C(c1cncc(NC2CCCC2)c1)N1CCN(c2ccccn2)CC1. The number of amides is 1. The second-order valence-electron chi connectivity index (χ2n) is 7.06. The normalized spacial score (nSPS) is 18.2. The van der Waals surface area contributed by atoms with Gasteiger partial charge < -0.3 is 15.1 Å². The summed E-state index contributed by atoms with van der Waals surface area (Å²) in [6.07, 6.45) is 10.3. The third-order valence-corrected chi connectivity index (χ3v) is 5.25. The van der Waals surface area contributed by atoms with Gasteiger partial charge in [-0.1, -0.05) is 18.9 Å². The van der Waals surface area contributed by atoms with Crippen LogP contribution in [-0.4, -0.2) is 53.0 Å². The average Bonchev–Trinajstić information content (AvgIpc) is 3.21. The van der Waals surface area contributed by atoms with Crippen molar-refractivity contribution in [3.05, 3.63) is 48.4 Å². The summed E-state index contributed by atoms with van der Waals surface area (Å²) in [5, 5.41) is 3.52. The quantitative estimate of drug-likeness (QED) is 0.918. The lowest BCUT2D eigenvalue weighted by molar-refractivity contribution is 0.0746. The summed E-state index contributed by atoms with van der Waals surface area (Å²) in [5.74, 6) is 1.04. The minimum atomic E-state index is 0.0632. The maximum absolute atomic E-state index is 12.9. The molecule has 2 aromatic heterocycles. The fraction of sp³-hybridized carbons (Fsp3) is 0.450. The van der Waals surface area contributed by atoms with Gasteiger partial charge in [0.2, 0.25) is 0 Å². The van der Waals surface area contributed by atoms with E-state index in [0.717, 1.165) is 24.6 Å². The Morgan fingerprint density at radius 2 is 1.88 bits per heavy atom. The number of rotatable bonds is 4. The highest BCUT2D eigenvalue weighted by Crippen LogP contribution is 2.23. The smallest absolute Gasteiger partial charge is 0.255 e. The molecule has 1 aliphatic heterocycles. The van der Waals surface area contributed by atoms with Gasteiger partial charge in [-0.3, -0.25) is 9.78 Å². The number of carbonyl (C=O) groups excluding carboxylic acids is 1. The van der Waals surface area contributed by atoms with Crippen molar-refractivity contribution in [2.45, 2.75) is 31.7 Å². The van der Waals surface area contributed by atoms with E-state index in [4.69, 9.17) is 0 Å². The van der Waals surface area contributed by atoms with E-state index < -0.39 is 0 Å². The summed E-state index contributed by atoms with van der Waals surface area (Å²) >= 11 is 0. The zero-order valence-electron chi connectivity index (χ0n) is 15.0. The first-order valence-electron chi connectivity index (χ1n) is 9.46. The third-order valence-electron chi connectivity index (χ3n) is 5.25. The van der Waals surface area contributed by atoms with Gasteiger partial charge in [0, 0.05) is 50.8 Å². The van der Waals surface area contributed by atoms with Crippen LogP contribution in [0.25, 0.3) is 0 Å². The zero-order valence-corrected chi connectivity index (χ0v) is 15.0. The van der Waals surface area contributed by atoms with Gasteiger partial charge in [-0.15, -0.1) is 0 Å². The number of anilines is 2. The molecule has 3 heterocycles. The molecule has 2 aliphatic rings. The average molecular weight is 351 g/mol. The lowest BCUT2D eigenvalue weighted by Crippen LogP contribution is -2.49. The topological polar surface area (TPSA) is 61.4 Å². The molecule has 2 fully saturated rings. The van der Waals surface area contributed by atoms with E-state index in [0.29, 0.717) is 24.7 Å². The molecular formula is C20H25N5O. The van der Waals surface area contributed by atoms with Gasteiger partial charge in [0.15, 0.2) is 0 Å². The molecule has 0 radical (unpaired) electrons. The zero-order chi connectivity index (χ0) is 17.8. The molecule has 6 heteroatoms. The lowest BCUT2D eigenvalue weighted by atomic mass is 10.2. The van der Waals surface area contributed by atoms with E-state index in [2.05, 4.69) is 20.2 Å². The van der Waals surface area contributed by atoms with Gasteiger partial charge in [-0.05, 0) is 31.0 Å². The van der Waals surface area contributed by atoms with E-state index in [9.17, 15) is 4.79 Å². The van der Waals surface area contributed by atoms with Crippen LogP contribution in [0, 0.1) is 0 Å². The molecule has 1 saturated carbocycles. The van der Waals surface area contributed by atoms with Gasteiger partial charge in [-0.2, -0.15) is 0 Å². The van der Waals surface area contributed by atoms with E-state index in [1.165, 1.54) is 25.7 Å². The van der Waals surface area contributed by atoms with Crippen LogP contribution in [0.5, 0.6) is 0 Å². The fourth-order valence-corrected chi connectivity index (χ4v) is 3.80. The Hall–Kier alpha value is -2.63. The van der Waals surface area contributed by atoms with Gasteiger partial charge in [0.1, 0.15) is 5.82 Å². The molecule has 0 spiro atoms. The van der Waals surface area contributed by atoms with Crippen LogP contribution in [-0.2, 0) is 0 Å². The molecule has 1 saturated heterocycles. The molecular weight excluding hydrogens is 326 g/mol. The Bertz CT molecular complexity index is 737. The summed E-state index contributed by atoms with van der Waals surface area (Å²) in [6.45, 7) is 3.01. The number of hydrogen-bond donors (Lipinski definition) is 1. The van der Waals surface area contributed by atoms with Crippen LogP contribution in [0.15, 0.2) is 42.9 Å². The number of hydrogen-bond acceptors (Lipinski definition) is 5. The maximum atomic E-state index is 12.9. The first-order valence-corrected chi connectivity index (χ1v) is 9.46. The van der Waals surface area contributed by atoms with Crippen LogP contribution >= 0.6 is 0 Å². The van der Waals surface area contributed by atoms with Crippen LogP contribution < -0.4 is 10.2 Å². The molecule has 0 unspecified atom stereocenters. The van der Waals surface area contributed by atoms with Crippen molar-refractivity contribution in [1.82, 2.24) is 14.9 Å². The first kappa shape index (κ1) is 16.8. The molecule has 1 amide bonds. The van der Waals surface area contributed by atoms with Gasteiger partial charge in [-0.25, -0.2) is 4.98 Å². The highest BCUT2D eigenvalue weighted by molar-refractivity contribution is 5.95. The van der Waals surface area contributed by atoms with Gasteiger partial charge in [0.05, 0.1) is 11.3 Å². The number of nitrogens with zero attached hydrogens (tertiary/aromatic N) is 4. The number of carbonyl (C=O) groups is 1. The summed E-state index contributed by atoms with van der Waals surface area (Å²) in [6, 6.07) is 8.39. The van der Waals surface area contributed by atoms with Crippen molar-refractivity contribution in [1.29, 1.82) is 0 Å². The Morgan fingerprint density at radius 1 is 1.08 bits per heavy atom. The largest absolute Gasteiger partial charge is 0.381 e. The molecule has 136 valence electrons. The second-order valence-corrected chi connectivity index (χ2v) is 7.06. The Morgan fingerprint density at radius 3 is 2.62 bits per heavy atom. The molecule has 26 heavy (non-hydrogen) atoms. The van der Waals surface area contributed by atoms with Crippen molar-refractivity contribution >= 4 is 17.4 Å². The number of nitrogens with one attached hydrogen (secondary N) is 1. The third kappa shape index (κ3) is 3.79. The number of piperazine rings is 1. The highest BCUT2D eigenvalue weighted by Gasteiger charge is 2.23. The van der Waals surface area contributed by atoms with Crippen LogP contribution in [0.1, 0.15) is 36.0 Å². The standard InChI is InChI=1S/C20H25N5O/c26-20(16-13-18(15-21-14-16)23-17-5-1-2-6-17)25-11-9-24(10-12-25)19-7-3-4-8-22-19/h3-4,7-8,13-15,17,23H,1-2,5-6,9-12H2. The lowest BCUT2D eigenvalue weighted by Gasteiger charge is -2.35. The van der Waals surface area contributed by atoms with Crippen LogP contribution in [0.2, 0.25) is 0 Å². The summed E-state index contributed by atoms with van der Waals surface area (Å²) < 4.78 is 0. The minimum absolute atomic E-state index is 0.0632.